The van der Waals surface area contributed by atoms with E-state index in [1.165, 1.54) is 11.4 Å². The van der Waals surface area contributed by atoms with Gasteiger partial charge < -0.3 is 10.5 Å². The molecule has 2 rings (SSSR count). The number of sulfonamides is 1. The summed E-state index contributed by atoms with van der Waals surface area (Å²) in [6.45, 7) is 2.87. The standard InChI is InChI=1S/C16H24N2O4S.ClH/c1-12-5-4-8-18(15(12)10-17)23(20,21)11-13-6-3-7-14(9-13)16(19)22-2;/h3,6-7,9,12,15H,4-5,8,10-11,17H2,1-2H3;1H. The average molecular weight is 377 g/mol. The SMILES string of the molecule is COC(=O)c1cccc(CS(=O)(=O)N2CCCC(C)C2CN)c1.Cl. The van der Waals surface area contributed by atoms with Crippen LogP contribution in [0.1, 0.15) is 35.7 Å². The van der Waals surface area contributed by atoms with E-state index >= 15 is 0 Å². The maximum Gasteiger partial charge on any atom is 0.337 e. The smallest absolute Gasteiger partial charge is 0.337 e. The number of piperidine rings is 1. The minimum atomic E-state index is -3.48. The molecule has 0 spiro atoms. The van der Waals surface area contributed by atoms with Gasteiger partial charge in [-0.2, -0.15) is 4.31 Å². The fraction of sp³-hybridized carbons (Fsp3) is 0.562. The van der Waals surface area contributed by atoms with Gasteiger partial charge in [0, 0.05) is 19.1 Å². The van der Waals surface area contributed by atoms with Gasteiger partial charge in [-0.25, -0.2) is 13.2 Å². The molecule has 1 heterocycles. The molecule has 0 aliphatic carbocycles. The molecule has 0 saturated carbocycles. The van der Waals surface area contributed by atoms with Crippen molar-refractivity contribution in [2.24, 2.45) is 11.7 Å². The van der Waals surface area contributed by atoms with E-state index in [9.17, 15) is 13.2 Å². The lowest BCUT2D eigenvalue weighted by atomic mass is 9.93. The molecule has 0 amide bonds. The van der Waals surface area contributed by atoms with Gasteiger partial charge in [0.05, 0.1) is 18.4 Å². The number of nitrogens with zero attached hydrogens (tertiary/aromatic N) is 1. The number of benzene rings is 1. The molecule has 1 fully saturated rings. The minimum absolute atomic E-state index is 0. The second-order valence-electron chi connectivity index (χ2n) is 5.98. The monoisotopic (exact) mass is 376 g/mol. The Morgan fingerprint density at radius 3 is 2.75 bits per heavy atom. The van der Waals surface area contributed by atoms with Crippen molar-refractivity contribution in [2.45, 2.75) is 31.6 Å². The summed E-state index contributed by atoms with van der Waals surface area (Å²) in [6.07, 6.45) is 1.84. The van der Waals surface area contributed by atoms with Crippen LogP contribution in [-0.2, 0) is 20.5 Å². The van der Waals surface area contributed by atoms with E-state index < -0.39 is 16.0 Å². The number of nitrogens with two attached hydrogens (primary N) is 1. The first kappa shape index (κ1) is 20.9. The Hall–Kier alpha value is -1.15. The minimum Gasteiger partial charge on any atom is -0.465 e. The summed E-state index contributed by atoms with van der Waals surface area (Å²) in [6, 6.07) is 6.38. The van der Waals surface area contributed by atoms with Gasteiger partial charge in [0.1, 0.15) is 0 Å². The van der Waals surface area contributed by atoms with Crippen LogP contribution in [0.25, 0.3) is 0 Å². The molecule has 2 atom stereocenters. The summed E-state index contributed by atoms with van der Waals surface area (Å²) in [5, 5.41) is 0. The number of carbonyl (C=O) groups is 1. The molecule has 0 bridgehead atoms. The molecular weight excluding hydrogens is 352 g/mol. The first-order valence-electron chi connectivity index (χ1n) is 7.76. The van der Waals surface area contributed by atoms with Gasteiger partial charge in [-0.05, 0) is 36.5 Å². The lowest BCUT2D eigenvalue weighted by Gasteiger charge is -2.38. The predicted molar refractivity (Wildman–Crippen MR) is 95.6 cm³/mol. The molecule has 1 aromatic rings. The highest BCUT2D eigenvalue weighted by Crippen LogP contribution is 2.27. The molecular formula is C16H25ClN2O4S. The number of hydrogen-bond acceptors (Lipinski definition) is 5. The van der Waals surface area contributed by atoms with Gasteiger partial charge in [-0.1, -0.05) is 19.1 Å². The summed E-state index contributed by atoms with van der Waals surface area (Å²) >= 11 is 0. The van der Waals surface area contributed by atoms with Crippen LogP contribution in [0.4, 0.5) is 0 Å². The molecule has 0 radical (unpaired) electrons. The highest BCUT2D eigenvalue weighted by molar-refractivity contribution is 7.88. The number of rotatable bonds is 5. The normalized spacial score (nSPS) is 21.8. The predicted octanol–water partition coefficient (Wildman–Crippen LogP) is 1.78. The van der Waals surface area contributed by atoms with Gasteiger partial charge in [-0.15, -0.1) is 12.4 Å². The Kier molecular flexibility index (Phi) is 7.66. The molecule has 1 saturated heterocycles. The quantitative estimate of drug-likeness (QED) is 0.791. The van der Waals surface area contributed by atoms with Gasteiger partial charge in [-0.3, -0.25) is 0 Å². The first-order valence-corrected chi connectivity index (χ1v) is 9.37. The van der Waals surface area contributed by atoms with Crippen LogP contribution in [0, 0.1) is 5.92 Å². The van der Waals surface area contributed by atoms with Gasteiger partial charge >= 0.3 is 5.97 Å². The average Bonchev–Trinajstić information content (AvgIpc) is 2.53. The number of halogens is 1. The highest BCUT2D eigenvalue weighted by atomic mass is 35.5. The molecule has 0 aromatic heterocycles. The zero-order chi connectivity index (χ0) is 17.0. The zero-order valence-electron chi connectivity index (χ0n) is 14.0. The Morgan fingerprint density at radius 1 is 1.42 bits per heavy atom. The topological polar surface area (TPSA) is 89.7 Å². The van der Waals surface area contributed by atoms with Crippen LogP contribution in [-0.4, -0.2) is 44.9 Å². The van der Waals surface area contributed by atoms with Crippen LogP contribution in [0.5, 0.6) is 0 Å². The first-order chi connectivity index (χ1) is 10.9. The molecule has 2 unspecified atom stereocenters. The van der Waals surface area contributed by atoms with Crippen molar-refractivity contribution in [2.75, 3.05) is 20.2 Å². The molecule has 24 heavy (non-hydrogen) atoms. The number of methoxy groups -OCH3 is 1. The molecule has 8 heteroatoms. The third-order valence-electron chi connectivity index (χ3n) is 4.36. The molecule has 6 nitrogen and oxygen atoms in total. The van der Waals surface area contributed by atoms with Crippen molar-refractivity contribution in [1.82, 2.24) is 4.31 Å². The number of hydrogen-bond donors (Lipinski definition) is 1. The van der Waals surface area contributed by atoms with Gasteiger partial charge in [0.2, 0.25) is 10.0 Å². The van der Waals surface area contributed by atoms with Crippen molar-refractivity contribution in [3.63, 3.8) is 0 Å². The van der Waals surface area contributed by atoms with Gasteiger partial charge in [0.15, 0.2) is 0 Å². The van der Waals surface area contributed by atoms with Crippen LogP contribution in [0.2, 0.25) is 0 Å². The zero-order valence-corrected chi connectivity index (χ0v) is 15.6. The summed E-state index contributed by atoms with van der Waals surface area (Å²) in [5.41, 5.74) is 6.71. The van der Waals surface area contributed by atoms with Gasteiger partial charge in [0.25, 0.3) is 0 Å². The number of esters is 1. The fourth-order valence-corrected chi connectivity index (χ4v) is 4.99. The van der Waals surface area contributed by atoms with Crippen molar-refractivity contribution in [3.05, 3.63) is 35.4 Å². The Balaban J connectivity index is 0.00000288. The third-order valence-corrected chi connectivity index (χ3v) is 6.23. The fourth-order valence-electron chi connectivity index (χ4n) is 3.11. The third kappa shape index (κ3) is 4.69. The number of ether oxygens (including phenoxy) is 1. The van der Waals surface area contributed by atoms with Crippen LogP contribution >= 0.6 is 12.4 Å². The summed E-state index contributed by atoms with van der Waals surface area (Å²) in [7, 11) is -2.18. The summed E-state index contributed by atoms with van der Waals surface area (Å²) < 4.78 is 31.8. The highest BCUT2D eigenvalue weighted by Gasteiger charge is 2.35. The molecule has 2 N–H and O–H groups in total. The molecule has 136 valence electrons. The maximum atomic E-state index is 12.8. The van der Waals surface area contributed by atoms with Crippen LogP contribution < -0.4 is 5.73 Å². The summed E-state index contributed by atoms with van der Waals surface area (Å²) in [5.74, 6) is -0.360. The van der Waals surface area contributed by atoms with E-state index in [2.05, 4.69) is 4.74 Å². The second-order valence-corrected chi connectivity index (χ2v) is 7.90. The van der Waals surface area contributed by atoms with E-state index in [0.29, 0.717) is 24.2 Å². The van der Waals surface area contributed by atoms with E-state index in [4.69, 9.17) is 5.73 Å². The van der Waals surface area contributed by atoms with E-state index in [-0.39, 0.29) is 30.1 Å². The lowest BCUT2D eigenvalue weighted by Crippen LogP contribution is -2.51. The van der Waals surface area contributed by atoms with E-state index in [1.54, 1.807) is 24.3 Å². The van der Waals surface area contributed by atoms with Crippen molar-refractivity contribution >= 4 is 28.4 Å². The Labute approximate surface area is 149 Å². The van der Waals surface area contributed by atoms with Crippen molar-refractivity contribution in [1.29, 1.82) is 0 Å². The molecule has 1 aromatic carbocycles. The molecule has 1 aliphatic rings. The second kappa shape index (κ2) is 8.80. The van der Waals surface area contributed by atoms with Crippen LogP contribution in [0.15, 0.2) is 24.3 Å². The Bertz CT molecular complexity index is 666. The molecule has 1 aliphatic heterocycles. The Morgan fingerprint density at radius 2 is 2.12 bits per heavy atom. The van der Waals surface area contributed by atoms with Crippen LogP contribution in [0.3, 0.4) is 0 Å². The lowest BCUT2D eigenvalue weighted by molar-refractivity contribution is 0.0600. The van der Waals surface area contributed by atoms with E-state index in [0.717, 1.165) is 12.8 Å². The van der Waals surface area contributed by atoms with Crippen molar-refractivity contribution in [3.8, 4) is 0 Å². The van der Waals surface area contributed by atoms with Crippen molar-refractivity contribution < 1.29 is 17.9 Å². The summed E-state index contributed by atoms with van der Waals surface area (Å²) in [4.78, 5) is 11.6. The number of carbonyl (C=O) groups excluding carboxylic acids is 1. The maximum absolute atomic E-state index is 12.8. The largest absolute Gasteiger partial charge is 0.465 e. The van der Waals surface area contributed by atoms with E-state index in [1.807, 2.05) is 6.92 Å².